The first-order valence-corrected chi connectivity index (χ1v) is 17.1. The molecule has 4 N–H and O–H groups in total. The standard InChI is InChI=1S/C38H48N8O4/c1-24-7-20-31(46(5)6)22-32(24)27-12-8-25(9-13-27)21-33(36(48)40-30-18-16-28(17-19-30)34-42-44-45-43-34)41-35(47)29-14-10-26(11-15-29)23-39-37(49)50-38(2,3)4/h7-9,12-13,16-20,22,26,29,33H,10-11,14-15,21,23H2,1-6H3,(H,39,49)(H,40,48)(H,41,47)(H,42,43,44,45)/t26-,29-,33-/m0/s1. The number of H-pyrrole nitrogens is 1. The van der Waals surface area contributed by atoms with Crippen molar-refractivity contribution in [1.29, 1.82) is 0 Å². The maximum absolute atomic E-state index is 13.8. The Morgan fingerprint density at radius 2 is 1.62 bits per heavy atom. The number of hydrogen-bond acceptors (Lipinski definition) is 8. The fourth-order valence-corrected chi connectivity index (χ4v) is 6.15. The molecule has 3 aromatic carbocycles. The Morgan fingerprint density at radius 1 is 0.940 bits per heavy atom. The number of nitrogens with one attached hydrogen (secondary N) is 4. The van der Waals surface area contributed by atoms with Gasteiger partial charge in [-0.05, 0) is 128 Å². The van der Waals surface area contributed by atoms with E-state index in [9.17, 15) is 14.4 Å². The van der Waals surface area contributed by atoms with Crippen molar-refractivity contribution in [2.24, 2.45) is 11.8 Å². The minimum atomic E-state index is -0.795. The van der Waals surface area contributed by atoms with Crippen LogP contribution in [0.15, 0.2) is 66.7 Å². The molecule has 0 unspecified atom stereocenters. The highest BCUT2D eigenvalue weighted by Gasteiger charge is 2.30. The van der Waals surface area contributed by atoms with Crippen LogP contribution in [0.2, 0.25) is 0 Å². The second kappa shape index (κ2) is 16.0. The zero-order valence-electron chi connectivity index (χ0n) is 29.7. The van der Waals surface area contributed by atoms with Crippen LogP contribution in [0.3, 0.4) is 0 Å². The second-order valence-electron chi connectivity index (χ2n) is 14.3. The second-order valence-corrected chi connectivity index (χ2v) is 14.3. The summed E-state index contributed by atoms with van der Waals surface area (Å²) in [5, 5.41) is 22.8. The van der Waals surface area contributed by atoms with Crippen molar-refractivity contribution in [3.05, 3.63) is 77.9 Å². The normalized spacial score (nSPS) is 16.6. The largest absolute Gasteiger partial charge is 0.444 e. The third kappa shape index (κ3) is 9.90. The summed E-state index contributed by atoms with van der Waals surface area (Å²) in [5.74, 6) is 0.135. The van der Waals surface area contributed by atoms with Crippen LogP contribution >= 0.6 is 0 Å². The molecular formula is C38H48N8O4. The van der Waals surface area contributed by atoms with Gasteiger partial charge in [0.15, 0.2) is 5.82 Å². The summed E-state index contributed by atoms with van der Waals surface area (Å²) < 4.78 is 5.35. The van der Waals surface area contributed by atoms with Crippen LogP contribution in [0.1, 0.15) is 57.6 Å². The molecule has 4 aromatic rings. The number of nitrogens with zero attached hydrogens (tertiary/aromatic N) is 4. The molecule has 1 aliphatic rings. The predicted octanol–water partition coefficient (Wildman–Crippen LogP) is 5.91. The summed E-state index contributed by atoms with van der Waals surface area (Å²) in [6, 6.07) is 21.0. The highest BCUT2D eigenvalue weighted by atomic mass is 16.6. The van der Waals surface area contributed by atoms with Gasteiger partial charge in [-0.1, -0.05) is 30.3 Å². The average Bonchev–Trinajstić information content (AvgIpc) is 3.63. The zero-order chi connectivity index (χ0) is 35.8. The van der Waals surface area contributed by atoms with E-state index in [1.165, 1.54) is 5.56 Å². The SMILES string of the molecule is Cc1ccc(N(C)C)cc1-c1ccc(C[C@H](NC(=O)[C@H]2CC[C@H](CNC(=O)OC(C)(C)C)CC2)C(=O)Nc2ccc(-c3nnn[nH]3)cc2)cc1. The van der Waals surface area contributed by atoms with E-state index in [0.717, 1.165) is 40.8 Å². The Kier molecular flexibility index (Phi) is 11.5. The Morgan fingerprint density at radius 3 is 2.24 bits per heavy atom. The first kappa shape index (κ1) is 36.0. The van der Waals surface area contributed by atoms with Gasteiger partial charge in [-0.15, -0.1) is 5.10 Å². The van der Waals surface area contributed by atoms with E-state index >= 15 is 0 Å². The lowest BCUT2D eigenvalue weighted by atomic mass is 9.81. The third-order valence-corrected chi connectivity index (χ3v) is 9.00. The fraction of sp³-hybridized carbons (Fsp3) is 0.421. The molecule has 1 aromatic heterocycles. The number of aromatic amines is 1. The first-order valence-electron chi connectivity index (χ1n) is 17.1. The van der Waals surface area contributed by atoms with E-state index in [0.29, 0.717) is 37.3 Å². The van der Waals surface area contributed by atoms with Crippen molar-refractivity contribution in [1.82, 2.24) is 31.3 Å². The van der Waals surface area contributed by atoms with Gasteiger partial charge >= 0.3 is 6.09 Å². The van der Waals surface area contributed by atoms with Crippen molar-refractivity contribution in [2.75, 3.05) is 30.9 Å². The first-order chi connectivity index (χ1) is 23.8. The summed E-state index contributed by atoms with van der Waals surface area (Å²) in [4.78, 5) is 41.6. The number of amides is 3. The maximum atomic E-state index is 13.8. The van der Waals surface area contributed by atoms with E-state index < -0.39 is 17.7 Å². The average molecular weight is 681 g/mol. The van der Waals surface area contributed by atoms with Crippen LogP contribution in [-0.2, 0) is 20.7 Å². The number of tetrazole rings is 1. The zero-order valence-corrected chi connectivity index (χ0v) is 29.7. The molecule has 0 aliphatic heterocycles. The summed E-state index contributed by atoms with van der Waals surface area (Å²) in [6.45, 7) is 8.10. The van der Waals surface area contributed by atoms with Crippen LogP contribution in [0.5, 0.6) is 0 Å². The number of aryl methyl sites for hydroxylation is 1. The van der Waals surface area contributed by atoms with Gasteiger partial charge in [0.2, 0.25) is 11.8 Å². The molecule has 1 saturated carbocycles. The minimum absolute atomic E-state index is 0.135. The van der Waals surface area contributed by atoms with Crippen LogP contribution in [0.25, 0.3) is 22.5 Å². The molecule has 1 heterocycles. The molecule has 0 spiro atoms. The number of carbonyl (C=O) groups is 3. The van der Waals surface area contributed by atoms with Gasteiger partial charge in [0.1, 0.15) is 11.6 Å². The Hall–Kier alpha value is -5.26. The molecular weight excluding hydrogens is 632 g/mol. The molecule has 0 saturated heterocycles. The van der Waals surface area contributed by atoms with Crippen molar-refractivity contribution in [2.45, 2.75) is 71.4 Å². The van der Waals surface area contributed by atoms with Crippen LogP contribution in [0.4, 0.5) is 16.2 Å². The van der Waals surface area contributed by atoms with Crippen molar-refractivity contribution >= 4 is 29.3 Å². The number of aromatic nitrogens is 4. The number of carbonyl (C=O) groups excluding carboxylic acids is 3. The van der Waals surface area contributed by atoms with Gasteiger partial charge in [0.05, 0.1) is 0 Å². The molecule has 1 atom stereocenters. The molecule has 1 fully saturated rings. The van der Waals surface area contributed by atoms with E-state index in [2.05, 4.69) is 78.7 Å². The fourth-order valence-electron chi connectivity index (χ4n) is 6.15. The molecule has 50 heavy (non-hydrogen) atoms. The van der Waals surface area contributed by atoms with Gasteiger partial charge in [0.25, 0.3) is 0 Å². The van der Waals surface area contributed by atoms with Gasteiger partial charge < -0.3 is 25.6 Å². The number of rotatable bonds is 11. The summed E-state index contributed by atoms with van der Waals surface area (Å²) >= 11 is 0. The highest BCUT2D eigenvalue weighted by Crippen LogP contribution is 2.30. The number of anilines is 2. The maximum Gasteiger partial charge on any atom is 0.407 e. The smallest absolute Gasteiger partial charge is 0.407 e. The molecule has 3 amide bonds. The molecule has 0 radical (unpaired) electrons. The summed E-state index contributed by atoms with van der Waals surface area (Å²) in [5.41, 5.74) is 6.27. The topological polar surface area (TPSA) is 154 Å². The lowest BCUT2D eigenvalue weighted by Crippen LogP contribution is -2.48. The van der Waals surface area contributed by atoms with E-state index in [1.54, 1.807) is 12.1 Å². The Labute approximate surface area is 293 Å². The van der Waals surface area contributed by atoms with Crippen LogP contribution < -0.4 is 20.9 Å². The highest BCUT2D eigenvalue weighted by molar-refractivity contribution is 5.97. The van der Waals surface area contributed by atoms with Crippen molar-refractivity contribution in [3.63, 3.8) is 0 Å². The number of benzene rings is 3. The Balaban J connectivity index is 1.26. The minimum Gasteiger partial charge on any atom is -0.444 e. The number of alkyl carbamates (subject to hydrolysis) is 1. The van der Waals surface area contributed by atoms with Crippen molar-refractivity contribution < 1.29 is 19.1 Å². The molecule has 12 heteroatoms. The Bertz CT molecular complexity index is 1740. The van der Waals surface area contributed by atoms with E-state index in [4.69, 9.17) is 4.74 Å². The van der Waals surface area contributed by atoms with E-state index in [1.807, 2.05) is 59.1 Å². The summed E-state index contributed by atoms with van der Waals surface area (Å²) in [7, 11) is 4.05. The molecule has 1 aliphatic carbocycles. The molecule has 0 bridgehead atoms. The predicted molar refractivity (Wildman–Crippen MR) is 195 cm³/mol. The van der Waals surface area contributed by atoms with Crippen LogP contribution in [0, 0.1) is 18.8 Å². The van der Waals surface area contributed by atoms with Gasteiger partial charge in [0, 0.05) is 49.9 Å². The van der Waals surface area contributed by atoms with Gasteiger partial charge in [-0.2, -0.15) is 0 Å². The lowest BCUT2D eigenvalue weighted by Gasteiger charge is -2.29. The summed E-state index contributed by atoms with van der Waals surface area (Å²) in [6.07, 6.45) is 2.85. The van der Waals surface area contributed by atoms with Crippen LogP contribution in [-0.4, -0.2) is 70.8 Å². The molecule has 264 valence electrons. The lowest BCUT2D eigenvalue weighted by molar-refractivity contribution is -0.130. The number of hydrogen-bond donors (Lipinski definition) is 4. The number of ether oxygens (including phenoxy) is 1. The van der Waals surface area contributed by atoms with Gasteiger partial charge in [-0.25, -0.2) is 9.89 Å². The van der Waals surface area contributed by atoms with Crippen molar-refractivity contribution in [3.8, 4) is 22.5 Å². The third-order valence-electron chi connectivity index (χ3n) is 9.00. The van der Waals surface area contributed by atoms with Gasteiger partial charge in [-0.3, -0.25) is 9.59 Å². The quantitative estimate of drug-likeness (QED) is 0.153. The molecule has 5 rings (SSSR count). The molecule has 12 nitrogen and oxygen atoms in total. The monoisotopic (exact) mass is 680 g/mol. The van der Waals surface area contributed by atoms with E-state index in [-0.39, 0.29) is 23.7 Å².